The van der Waals surface area contributed by atoms with Gasteiger partial charge < -0.3 is 20.1 Å². The van der Waals surface area contributed by atoms with Crippen molar-refractivity contribution in [1.82, 2.24) is 25.0 Å². The third-order valence-corrected chi connectivity index (χ3v) is 7.78. The Morgan fingerprint density at radius 3 is 2.67 bits per heavy atom. The Morgan fingerprint density at radius 2 is 1.89 bits per heavy atom. The van der Waals surface area contributed by atoms with Crippen molar-refractivity contribution in [3.63, 3.8) is 0 Å². The van der Waals surface area contributed by atoms with E-state index in [9.17, 15) is 15.2 Å². The zero-order valence-electron chi connectivity index (χ0n) is 24.7. The van der Waals surface area contributed by atoms with Gasteiger partial charge >= 0.3 is 5.97 Å². The van der Waals surface area contributed by atoms with E-state index in [1.807, 2.05) is 90.0 Å². The summed E-state index contributed by atoms with van der Waals surface area (Å²) >= 11 is 0. The number of ether oxygens (including phenoxy) is 1. The van der Waals surface area contributed by atoms with Gasteiger partial charge in [-0.2, -0.15) is 5.26 Å². The summed E-state index contributed by atoms with van der Waals surface area (Å²) < 4.78 is 7.25. The van der Waals surface area contributed by atoms with E-state index >= 15 is 0 Å². The molecule has 2 N–H and O–H groups in total. The molecule has 1 unspecified atom stereocenters. The number of rotatable bonds is 11. The average molecular weight is 601 g/mol. The van der Waals surface area contributed by atoms with Crippen molar-refractivity contribution in [3.05, 3.63) is 108 Å². The molecule has 1 aliphatic rings. The Labute approximate surface area is 260 Å². The number of hydrogen-bond donors (Lipinski definition) is 2. The summed E-state index contributed by atoms with van der Waals surface area (Å²) in [4.78, 5) is 23.1. The van der Waals surface area contributed by atoms with Crippen LogP contribution in [0.4, 0.5) is 11.6 Å². The third kappa shape index (κ3) is 6.98. The lowest BCUT2D eigenvalue weighted by Crippen LogP contribution is -2.23. The standard InChI is InChI=1S/C34H32N8O3/c1-45-22-31(24-8-3-2-4-9-24)38-32-17-27(16-29(37-32)25-10-5-7-23(15-25)18-35)30-21-42(40-39-30)20-28-11-6-12-33(36-28)41-14-13-26(19-41)34(43)44/h2-12,15-17,21,26,31H,13-14,19-20,22H2,1H3,(H,37,38)(H,43,44)/t26?,31-/m0/s1. The Kier molecular flexibility index (Phi) is 8.75. The van der Waals surface area contributed by atoms with Crippen molar-refractivity contribution in [3.8, 4) is 28.6 Å². The average Bonchev–Trinajstić information content (AvgIpc) is 3.76. The van der Waals surface area contributed by atoms with Crippen LogP contribution in [0, 0.1) is 17.2 Å². The van der Waals surface area contributed by atoms with Crippen LogP contribution in [0.2, 0.25) is 0 Å². The monoisotopic (exact) mass is 600 g/mol. The first-order chi connectivity index (χ1) is 22.0. The molecule has 4 heterocycles. The van der Waals surface area contributed by atoms with Gasteiger partial charge in [0.2, 0.25) is 0 Å². The van der Waals surface area contributed by atoms with Gasteiger partial charge in [0.25, 0.3) is 0 Å². The minimum atomic E-state index is -0.770. The Hall–Kier alpha value is -5.60. The minimum absolute atomic E-state index is 0.146. The number of aliphatic carboxylic acids is 1. The van der Waals surface area contributed by atoms with Crippen LogP contribution in [0.3, 0.4) is 0 Å². The molecule has 11 nitrogen and oxygen atoms in total. The number of methoxy groups -OCH3 is 1. The van der Waals surface area contributed by atoms with E-state index in [2.05, 4.69) is 21.7 Å². The maximum Gasteiger partial charge on any atom is 0.308 e. The second-order valence-electron chi connectivity index (χ2n) is 10.9. The number of nitrogens with one attached hydrogen (secondary N) is 1. The molecular weight excluding hydrogens is 568 g/mol. The normalized spacial score (nSPS) is 15.0. The van der Waals surface area contributed by atoms with Gasteiger partial charge in [0.05, 0.1) is 54.3 Å². The van der Waals surface area contributed by atoms with Crippen LogP contribution in [0.1, 0.15) is 29.3 Å². The first kappa shape index (κ1) is 29.5. The van der Waals surface area contributed by atoms with Gasteiger partial charge in [-0.05, 0) is 48.4 Å². The summed E-state index contributed by atoms with van der Waals surface area (Å²) in [6, 6.07) is 29.1. The van der Waals surface area contributed by atoms with E-state index in [0.29, 0.717) is 55.4 Å². The molecule has 11 heteroatoms. The van der Waals surface area contributed by atoms with Crippen LogP contribution in [-0.4, -0.2) is 62.8 Å². The third-order valence-electron chi connectivity index (χ3n) is 7.78. The molecule has 1 saturated heterocycles. The van der Waals surface area contributed by atoms with Crippen molar-refractivity contribution in [2.75, 3.05) is 37.0 Å². The van der Waals surface area contributed by atoms with Crippen LogP contribution < -0.4 is 10.2 Å². The van der Waals surface area contributed by atoms with E-state index in [1.165, 1.54) is 0 Å². The summed E-state index contributed by atoms with van der Waals surface area (Å²) in [5.74, 6) is 0.242. The lowest BCUT2D eigenvalue weighted by atomic mass is 10.0. The molecule has 0 spiro atoms. The summed E-state index contributed by atoms with van der Waals surface area (Å²) in [7, 11) is 1.67. The minimum Gasteiger partial charge on any atom is -0.481 e. The van der Waals surface area contributed by atoms with Crippen LogP contribution >= 0.6 is 0 Å². The maximum atomic E-state index is 11.4. The molecule has 6 rings (SSSR count). The second-order valence-corrected chi connectivity index (χ2v) is 10.9. The highest BCUT2D eigenvalue weighted by Gasteiger charge is 2.28. The number of hydrogen-bond acceptors (Lipinski definition) is 9. The molecule has 1 fully saturated rings. The molecule has 226 valence electrons. The molecule has 2 atom stereocenters. The lowest BCUT2D eigenvalue weighted by Gasteiger charge is -2.20. The quantitative estimate of drug-likeness (QED) is 0.212. The zero-order chi connectivity index (χ0) is 31.2. The number of carbonyl (C=O) groups is 1. The molecular formula is C34H32N8O3. The summed E-state index contributed by atoms with van der Waals surface area (Å²) in [5, 5.41) is 31.2. The number of nitriles is 1. The molecule has 5 aromatic rings. The highest BCUT2D eigenvalue weighted by atomic mass is 16.5. The molecule has 0 saturated carbocycles. The van der Waals surface area contributed by atoms with Crippen molar-refractivity contribution < 1.29 is 14.6 Å². The summed E-state index contributed by atoms with van der Waals surface area (Å²) in [5.41, 5.74) is 5.35. The molecule has 0 amide bonds. The number of benzene rings is 2. The number of carboxylic acid groups (broad SMARTS) is 1. The van der Waals surface area contributed by atoms with E-state index in [-0.39, 0.29) is 12.0 Å². The Balaban J connectivity index is 1.29. The largest absolute Gasteiger partial charge is 0.481 e. The van der Waals surface area contributed by atoms with Gasteiger partial charge in [-0.1, -0.05) is 53.7 Å². The molecule has 0 aliphatic carbocycles. The molecule has 2 aromatic carbocycles. The SMILES string of the molecule is COC[C@H](Nc1cc(-c2cn(Cc3cccc(N4CCC(C(=O)O)C4)n3)nn2)cc(-c2cccc(C#N)c2)n1)c1ccccc1. The number of nitrogens with zero attached hydrogens (tertiary/aromatic N) is 7. The van der Waals surface area contributed by atoms with E-state index in [0.717, 1.165) is 28.2 Å². The molecule has 1 aliphatic heterocycles. The fourth-order valence-electron chi connectivity index (χ4n) is 5.48. The van der Waals surface area contributed by atoms with Crippen molar-refractivity contribution in [2.24, 2.45) is 5.92 Å². The van der Waals surface area contributed by atoms with Gasteiger partial charge in [0, 0.05) is 31.3 Å². The van der Waals surface area contributed by atoms with Gasteiger partial charge in [0.15, 0.2) is 0 Å². The number of pyridine rings is 2. The predicted molar refractivity (Wildman–Crippen MR) is 169 cm³/mol. The van der Waals surface area contributed by atoms with Crippen LogP contribution in [0.15, 0.2) is 91.1 Å². The highest BCUT2D eigenvalue weighted by molar-refractivity contribution is 5.73. The van der Waals surface area contributed by atoms with E-state index < -0.39 is 5.97 Å². The van der Waals surface area contributed by atoms with Crippen molar-refractivity contribution in [1.29, 1.82) is 5.26 Å². The fourth-order valence-corrected chi connectivity index (χ4v) is 5.48. The Bertz CT molecular complexity index is 1830. The van der Waals surface area contributed by atoms with Crippen LogP contribution in [0.5, 0.6) is 0 Å². The van der Waals surface area contributed by atoms with Crippen LogP contribution in [-0.2, 0) is 16.1 Å². The van der Waals surface area contributed by atoms with Gasteiger partial charge in [-0.25, -0.2) is 14.6 Å². The van der Waals surface area contributed by atoms with Crippen molar-refractivity contribution in [2.45, 2.75) is 19.0 Å². The van der Waals surface area contributed by atoms with Gasteiger partial charge in [-0.15, -0.1) is 5.10 Å². The number of anilines is 2. The maximum absolute atomic E-state index is 11.4. The first-order valence-electron chi connectivity index (χ1n) is 14.7. The Morgan fingerprint density at radius 1 is 1.04 bits per heavy atom. The van der Waals surface area contributed by atoms with E-state index in [1.54, 1.807) is 17.9 Å². The molecule has 45 heavy (non-hydrogen) atoms. The van der Waals surface area contributed by atoms with Crippen LogP contribution in [0.25, 0.3) is 22.5 Å². The topological polar surface area (TPSA) is 142 Å². The number of aromatic nitrogens is 5. The predicted octanol–water partition coefficient (Wildman–Crippen LogP) is 5.03. The fraction of sp³-hybridized carbons (Fsp3) is 0.235. The second kappa shape index (κ2) is 13.4. The summed E-state index contributed by atoms with van der Waals surface area (Å²) in [6.45, 7) is 1.95. The lowest BCUT2D eigenvalue weighted by molar-refractivity contribution is -0.140. The first-order valence-corrected chi connectivity index (χ1v) is 14.7. The smallest absolute Gasteiger partial charge is 0.308 e. The molecule has 3 aromatic heterocycles. The molecule has 0 bridgehead atoms. The van der Waals surface area contributed by atoms with E-state index in [4.69, 9.17) is 14.7 Å². The van der Waals surface area contributed by atoms with Gasteiger partial charge in [0.1, 0.15) is 17.3 Å². The molecule has 0 radical (unpaired) electrons. The number of carboxylic acids is 1. The zero-order valence-corrected chi connectivity index (χ0v) is 24.7. The van der Waals surface area contributed by atoms with Gasteiger partial charge in [-0.3, -0.25) is 4.79 Å². The van der Waals surface area contributed by atoms with Crippen molar-refractivity contribution >= 4 is 17.6 Å². The highest BCUT2D eigenvalue weighted by Crippen LogP contribution is 2.30. The summed E-state index contributed by atoms with van der Waals surface area (Å²) in [6.07, 6.45) is 2.47.